The molecule has 1 atom stereocenters. The highest BCUT2D eigenvalue weighted by molar-refractivity contribution is 5.27. The number of ether oxygens (including phenoxy) is 1. The lowest BCUT2D eigenvalue weighted by Gasteiger charge is -2.21. The largest absolute Gasteiger partial charge is 0.376 e. The number of hydrogen-bond donors (Lipinski definition) is 1. The van der Waals surface area contributed by atoms with Gasteiger partial charge in [-0.05, 0) is 46.5 Å². The number of nitrogens with one attached hydrogen (secondary N) is 1. The minimum absolute atomic E-state index is 0.132. The Morgan fingerprint density at radius 3 is 2.57 bits per heavy atom. The van der Waals surface area contributed by atoms with Gasteiger partial charge < -0.3 is 10.1 Å². The fourth-order valence-electron chi connectivity index (χ4n) is 2.96. The zero-order valence-corrected chi connectivity index (χ0v) is 14.3. The number of nitrogens with zero attached hydrogens (tertiary/aromatic N) is 2. The van der Waals surface area contributed by atoms with Crippen LogP contribution in [-0.2, 0) is 30.7 Å². The Bertz CT molecular complexity index is 453. The number of rotatable bonds is 6. The molecule has 0 aliphatic carbocycles. The van der Waals surface area contributed by atoms with Crippen molar-refractivity contribution in [3.05, 3.63) is 17.0 Å². The second-order valence-corrected chi connectivity index (χ2v) is 7.00. The Morgan fingerprint density at radius 1 is 1.29 bits per heavy atom. The maximum absolute atomic E-state index is 5.78. The van der Waals surface area contributed by atoms with Gasteiger partial charge in [-0.1, -0.05) is 13.8 Å². The molecule has 1 N–H and O–H groups in total. The van der Waals surface area contributed by atoms with Crippen molar-refractivity contribution in [3.63, 3.8) is 0 Å². The summed E-state index contributed by atoms with van der Waals surface area (Å²) in [4.78, 5) is 0. The van der Waals surface area contributed by atoms with Gasteiger partial charge in [0, 0.05) is 29.9 Å². The quantitative estimate of drug-likeness (QED) is 0.876. The first-order valence-corrected chi connectivity index (χ1v) is 8.38. The molecular formula is C17H31N3O. The zero-order chi connectivity index (χ0) is 15.5. The van der Waals surface area contributed by atoms with Crippen molar-refractivity contribution in [1.82, 2.24) is 15.1 Å². The third-order valence-corrected chi connectivity index (χ3v) is 4.12. The average molecular weight is 293 g/mol. The Labute approximate surface area is 129 Å². The van der Waals surface area contributed by atoms with E-state index in [0.717, 1.165) is 32.5 Å². The molecule has 21 heavy (non-hydrogen) atoms. The van der Waals surface area contributed by atoms with Crippen LogP contribution in [0.15, 0.2) is 0 Å². The molecule has 0 amide bonds. The standard InChI is InChI=1S/C17H31N3O/c1-6-15-14(11-18-17(3,4)5)16(7-2)20(19-15)12-13-9-8-10-21-13/h13,18H,6-12H2,1-5H3. The number of aromatic nitrogens is 2. The van der Waals surface area contributed by atoms with E-state index in [1.165, 1.54) is 29.8 Å². The highest BCUT2D eigenvalue weighted by Gasteiger charge is 2.22. The van der Waals surface area contributed by atoms with Crippen LogP contribution in [0.5, 0.6) is 0 Å². The molecule has 1 aromatic rings. The monoisotopic (exact) mass is 293 g/mol. The molecule has 1 aliphatic heterocycles. The molecule has 1 aliphatic rings. The smallest absolute Gasteiger partial charge is 0.0771 e. The molecule has 4 heteroatoms. The van der Waals surface area contributed by atoms with E-state index >= 15 is 0 Å². The number of aryl methyl sites for hydroxylation is 1. The van der Waals surface area contributed by atoms with Crippen LogP contribution in [-0.4, -0.2) is 28.0 Å². The lowest BCUT2D eigenvalue weighted by Crippen LogP contribution is -2.35. The molecule has 2 rings (SSSR count). The summed E-state index contributed by atoms with van der Waals surface area (Å²) < 4.78 is 7.98. The van der Waals surface area contributed by atoms with Crippen molar-refractivity contribution in [2.45, 2.75) is 85.0 Å². The van der Waals surface area contributed by atoms with Crippen LogP contribution >= 0.6 is 0 Å². The minimum Gasteiger partial charge on any atom is -0.376 e. The summed E-state index contributed by atoms with van der Waals surface area (Å²) in [6, 6.07) is 0. The summed E-state index contributed by atoms with van der Waals surface area (Å²) in [5.41, 5.74) is 4.14. The molecule has 0 spiro atoms. The second kappa shape index (κ2) is 6.93. The van der Waals surface area contributed by atoms with E-state index in [9.17, 15) is 0 Å². The molecule has 4 nitrogen and oxygen atoms in total. The average Bonchev–Trinajstić information content (AvgIpc) is 3.03. The highest BCUT2D eigenvalue weighted by Crippen LogP contribution is 2.21. The summed E-state index contributed by atoms with van der Waals surface area (Å²) in [5, 5.41) is 8.47. The second-order valence-electron chi connectivity index (χ2n) is 7.00. The van der Waals surface area contributed by atoms with Gasteiger partial charge in [0.1, 0.15) is 0 Å². The van der Waals surface area contributed by atoms with E-state index in [0.29, 0.717) is 6.10 Å². The van der Waals surface area contributed by atoms with E-state index in [2.05, 4.69) is 44.6 Å². The summed E-state index contributed by atoms with van der Waals surface area (Å²) in [5.74, 6) is 0. The molecule has 1 fully saturated rings. The normalized spacial score (nSPS) is 19.4. The zero-order valence-electron chi connectivity index (χ0n) is 14.3. The van der Waals surface area contributed by atoms with Gasteiger partial charge in [0.15, 0.2) is 0 Å². The van der Waals surface area contributed by atoms with Crippen molar-refractivity contribution >= 4 is 0 Å². The summed E-state index contributed by atoms with van der Waals surface area (Å²) >= 11 is 0. The lowest BCUT2D eigenvalue weighted by molar-refractivity contribution is 0.0931. The van der Waals surface area contributed by atoms with Crippen LogP contribution < -0.4 is 5.32 Å². The van der Waals surface area contributed by atoms with E-state index in [-0.39, 0.29) is 5.54 Å². The molecule has 0 aromatic carbocycles. The number of hydrogen-bond acceptors (Lipinski definition) is 3. The van der Waals surface area contributed by atoms with E-state index < -0.39 is 0 Å². The van der Waals surface area contributed by atoms with Crippen molar-refractivity contribution in [1.29, 1.82) is 0 Å². The van der Waals surface area contributed by atoms with E-state index in [4.69, 9.17) is 9.84 Å². The minimum atomic E-state index is 0.132. The van der Waals surface area contributed by atoms with Gasteiger partial charge in [0.25, 0.3) is 0 Å². The van der Waals surface area contributed by atoms with Crippen molar-refractivity contribution < 1.29 is 4.74 Å². The predicted molar refractivity (Wildman–Crippen MR) is 86.5 cm³/mol. The first-order chi connectivity index (χ1) is 9.94. The van der Waals surface area contributed by atoms with Gasteiger partial charge in [-0.2, -0.15) is 5.10 Å². The Balaban J connectivity index is 2.18. The molecule has 1 unspecified atom stereocenters. The predicted octanol–water partition coefficient (Wildman–Crippen LogP) is 3.08. The van der Waals surface area contributed by atoms with Crippen LogP contribution in [0.25, 0.3) is 0 Å². The Morgan fingerprint density at radius 2 is 2.05 bits per heavy atom. The van der Waals surface area contributed by atoms with Crippen molar-refractivity contribution in [3.8, 4) is 0 Å². The van der Waals surface area contributed by atoms with E-state index in [1.807, 2.05) is 0 Å². The van der Waals surface area contributed by atoms with Crippen LogP contribution in [0.2, 0.25) is 0 Å². The SMILES string of the molecule is CCc1nn(CC2CCCO2)c(CC)c1CNC(C)(C)C. The van der Waals surface area contributed by atoms with Gasteiger partial charge in [-0.25, -0.2) is 0 Å². The van der Waals surface area contributed by atoms with Crippen LogP contribution in [0, 0.1) is 0 Å². The summed E-state index contributed by atoms with van der Waals surface area (Å²) in [6.45, 7) is 13.8. The van der Waals surface area contributed by atoms with Crippen molar-refractivity contribution in [2.75, 3.05) is 6.61 Å². The first kappa shape index (κ1) is 16.5. The van der Waals surface area contributed by atoms with Crippen molar-refractivity contribution in [2.24, 2.45) is 0 Å². The van der Waals surface area contributed by atoms with Crippen LogP contribution in [0.4, 0.5) is 0 Å². The van der Waals surface area contributed by atoms with Crippen LogP contribution in [0.3, 0.4) is 0 Å². The fraction of sp³-hybridized carbons (Fsp3) is 0.824. The maximum atomic E-state index is 5.78. The molecule has 0 radical (unpaired) electrons. The van der Waals surface area contributed by atoms with Gasteiger partial charge in [0.2, 0.25) is 0 Å². The third kappa shape index (κ3) is 4.30. The molecule has 0 saturated carbocycles. The molecular weight excluding hydrogens is 262 g/mol. The fourth-order valence-corrected chi connectivity index (χ4v) is 2.96. The molecule has 1 saturated heterocycles. The van der Waals surface area contributed by atoms with E-state index in [1.54, 1.807) is 0 Å². The summed E-state index contributed by atoms with van der Waals surface area (Å²) in [6.07, 6.45) is 4.73. The first-order valence-electron chi connectivity index (χ1n) is 8.38. The molecule has 0 bridgehead atoms. The van der Waals surface area contributed by atoms with Gasteiger partial charge in [-0.15, -0.1) is 0 Å². The van der Waals surface area contributed by atoms with Gasteiger partial charge >= 0.3 is 0 Å². The third-order valence-electron chi connectivity index (χ3n) is 4.12. The maximum Gasteiger partial charge on any atom is 0.0771 e. The summed E-state index contributed by atoms with van der Waals surface area (Å²) in [7, 11) is 0. The topological polar surface area (TPSA) is 39.1 Å². The molecule has 1 aromatic heterocycles. The molecule has 120 valence electrons. The highest BCUT2D eigenvalue weighted by atomic mass is 16.5. The van der Waals surface area contributed by atoms with Gasteiger partial charge in [-0.3, -0.25) is 4.68 Å². The van der Waals surface area contributed by atoms with Gasteiger partial charge in [0.05, 0.1) is 18.3 Å². The molecule has 2 heterocycles. The lowest BCUT2D eigenvalue weighted by atomic mass is 10.1. The van der Waals surface area contributed by atoms with Crippen LogP contribution in [0.1, 0.15) is 64.4 Å². The Kier molecular flexibility index (Phi) is 5.44. The Hall–Kier alpha value is -0.870.